The van der Waals surface area contributed by atoms with Crippen LogP contribution in [0.1, 0.15) is 71.1 Å². The van der Waals surface area contributed by atoms with Crippen molar-refractivity contribution >= 4 is 87.4 Å². The highest BCUT2D eigenvalue weighted by Gasteiger charge is 2.31. The minimum Gasteiger partial charge on any atom is -0.294 e. The lowest BCUT2D eigenvalue weighted by atomic mass is 9.99. The van der Waals surface area contributed by atoms with Crippen LogP contribution in [0.25, 0.3) is 0 Å². The second kappa shape index (κ2) is 13.1. The summed E-state index contributed by atoms with van der Waals surface area (Å²) in [5.74, 6) is 1.52. The summed E-state index contributed by atoms with van der Waals surface area (Å²) in [4.78, 5) is 37.9. The third kappa shape index (κ3) is 8.08. The van der Waals surface area contributed by atoms with E-state index in [0.717, 1.165) is 37.1 Å². The van der Waals surface area contributed by atoms with Gasteiger partial charge in [-0.25, -0.2) is 0 Å². The largest absolute Gasteiger partial charge is 0.294 e. The first-order chi connectivity index (χ1) is 18.4. The number of halogens is 3. The molecule has 3 heterocycles. The first-order valence-corrected chi connectivity index (χ1v) is 16.2. The summed E-state index contributed by atoms with van der Waals surface area (Å²) in [6.07, 6.45) is 1.85. The van der Waals surface area contributed by atoms with Gasteiger partial charge in [0.25, 0.3) is 0 Å². The summed E-state index contributed by atoms with van der Waals surface area (Å²) in [5.41, 5.74) is 2.36. The van der Waals surface area contributed by atoms with E-state index >= 15 is 0 Å². The molecule has 0 radical (unpaired) electrons. The summed E-state index contributed by atoms with van der Waals surface area (Å²) < 4.78 is 0.0118. The van der Waals surface area contributed by atoms with Crippen molar-refractivity contribution < 1.29 is 14.4 Å². The van der Waals surface area contributed by atoms with Crippen molar-refractivity contribution in [3.05, 3.63) is 86.4 Å². The van der Waals surface area contributed by atoms with Gasteiger partial charge >= 0.3 is 0 Å². The number of fused-ring (bicyclic) bond motifs is 3. The summed E-state index contributed by atoms with van der Waals surface area (Å²) in [6, 6.07) is 16.5. The van der Waals surface area contributed by atoms with Gasteiger partial charge in [-0.15, -0.1) is 35.3 Å². The van der Waals surface area contributed by atoms with Crippen LogP contribution in [0.4, 0.5) is 0 Å². The highest BCUT2D eigenvalue weighted by Crippen LogP contribution is 2.43. The van der Waals surface area contributed by atoms with Crippen LogP contribution in [0.3, 0.4) is 0 Å². The fourth-order valence-corrected chi connectivity index (χ4v) is 8.16. The Bertz CT molecular complexity index is 1440. The van der Waals surface area contributed by atoms with Gasteiger partial charge in [0.1, 0.15) is 0 Å². The van der Waals surface area contributed by atoms with E-state index < -0.39 is 0 Å². The third-order valence-corrected chi connectivity index (χ3v) is 10.3. The number of thioether (sulfide) groups is 3. The maximum Gasteiger partial charge on any atom is 0.165 e. The number of carbonyl (C=O) groups is 3. The molecule has 0 aromatic heterocycles. The average Bonchev–Trinajstić information content (AvgIpc) is 2.86. The second-order valence-corrected chi connectivity index (χ2v) is 15.6. The Balaban J connectivity index is 0.000000136. The third-order valence-electron chi connectivity index (χ3n) is 6.09. The molecule has 3 nitrogen and oxygen atoms in total. The number of carbonyl (C=O) groups excluding carboxylic acids is 3. The zero-order valence-electron chi connectivity index (χ0n) is 21.7. The van der Waals surface area contributed by atoms with Crippen LogP contribution in [0.2, 0.25) is 15.1 Å². The van der Waals surface area contributed by atoms with Crippen LogP contribution >= 0.6 is 70.1 Å². The lowest BCUT2D eigenvalue weighted by Gasteiger charge is -2.29. The zero-order chi connectivity index (χ0) is 28.3. The Labute approximate surface area is 257 Å². The van der Waals surface area contributed by atoms with Gasteiger partial charge in [-0.05, 0) is 68.4 Å². The molecule has 3 aliphatic heterocycles. The quantitative estimate of drug-likeness (QED) is 0.244. The predicted molar refractivity (Wildman–Crippen MR) is 167 cm³/mol. The first kappa shape index (κ1) is 30.5. The molecule has 39 heavy (non-hydrogen) atoms. The fourth-order valence-electron chi connectivity index (χ4n) is 4.31. The van der Waals surface area contributed by atoms with Gasteiger partial charge in [-0.1, -0.05) is 41.7 Å². The molecule has 9 heteroatoms. The lowest BCUT2D eigenvalue weighted by molar-refractivity contribution is 0.0962. The maximum absolute atomic E-state index is 11.8. The summed E-state index contributed by atoms with van der Waals surface area (Å²) in [6.45, 7) is 6.25. The highest BCUT2D eigenvalue weighted by atomic mass is 35.5. The fraction of sp³-hybridized carbons (Fsp3) is 0.300. The molecule has 0 saturated heterocycles. The summed E-state index contributed by atoms with van der Waals surface area (Å²) >= 11 is 22.7. The number of benzene rings is 3. The summed E-state index contributed by atoms with van der Waals surface area (Å²) in [5, 5.41) is 2.31. The van der Waals surface area contributed by atoms with Gasteiger partial charge < -0.3 is 0 Å². The number of hydrogen-bond acceptors (Lipinski definition) is 6. The molecule has 0 N–H and O–H groups in total. The highest BCUT2D eigenvalue weighted by molar-refractivity contribution is 8.01. The Morgan fingerprint density at radius 3 is 1.85 bits per heavy atom. The Morgan fingerprint density at radius 1 is 0.718 bits per heavy atom. The Hall–Kier alpha value is -1.41. The topological polar surface area (TPSA) is 51.2 Å². The van der Waals surface area contributed by atoms with Gasteiger partial charge in [0.15, 0.2) is 17.3 Å². The van der Waals surface area contributed by atoms with Crippen LogP contribution in [-0.2, 0) is 0 Å². The van der Waals surface area contributed by atoms with E-state index in [9.17, 15) is 14.4 Å². The number of rotatable bonds is 0. The molecule has 0 amide bonds. The molecule has 0 aliphatic carbocycles. The van der Waals surface area contributed by atoms with E-state index in [4.69, 9.17) is 34.8 Å². The number of ketones is 3. The van der Waals surface area contributed by atoms with Crippen molar-refractivity contribution in [2.45, 2.75) is 64.7 Å². The number of hydrogen-bond donors (Lipinski definition) is 0. The summed E-state index contributed by atoms with van der Waals surface area (Å²) in [7, 11) is 0. The van der Waals surface area contributed by atoms with Crippen LogP contribution in [0.5, 0.6) is 0 Å². The first-order valence-electron chi connectivity index (χ1n) is 12.4. The molecule has 204 valence electrons. The van der Waals surface area contributed by atoms with E-state index in [2.05, 4.69) is 20.8 Å². The van der Waals surface area contributed by atoms with Crippen LogP contribution in [0.15, 0.2) is 69.3 Å². The normalized spacial score (nSPS) is 18.9. The molecule has 0 fully saturated rings. The van der Waals surface area contributed by atoms with Gasteiger partial charge in [0.2, 0.25) is 0 Å². The standard InChI is InChI=1S/C11H11ClOS.C10H9ClOS.C9H7ClOS/c1-11(2)6-9(13)8-5-7(12)3-4-10(8)14-11;1-6-4-9(12)8-5-7(11)2-3-10(8)13-6;10-6-1-2-9-7(5-6)8(11)3-4-12-9/h3-5H,6H2,1-2H3;2-3,5-6H,4H2,1H3;1-2,5H,3-4H2. The predicted octanol–water partition coefficient (Wildman–Crippen LogP) is 10.2. The van der Waals surface area contributed by atoms with Gasteiger partial charge in [0, 0.05) is 81.5 Å². The minimum absolute atomic E-state index is 0.0118. The van der Waals surface area contributed by atoms with E-state index in [1.807, 2.05) is 36.4 Å². The number of Topliss-reactive ketones (excluding diaryl/α,β-unsaturated/α-hetero) is 3. The van der Waals surface area contributed by atoms with Gasteiger partial charge in [0.05, 0.1) is 0 Å². The zero-order valence-corrected chi connectivity index (χ0v) is 26.4. The monoisotopic (exact) mass is 636 g/mol. The average molecular weight is 638 g/mol. The van der Waals surface area contributed by atoms with Gasteiger partial charge in [-0.3, -0.25) is 14.4 Å². The molecule has 0 bridgehead atoms. The van der Waals surface area contributed by atoms with Crippen LogP contribution in [-0.4, -0.2) is 33.1 Å². The smallest absolute Gasteiger partial charge is 0.165 e. The molecule has 0 spiro atoms. The van der Waals surface area contributed by atoms with E-state index in [0.29, 0.717) is 39.6 Å². The molecule has 1 unspecified atom stereocenters. The molecular formula is C30H27Cl3O3S3. The van der Waals surface area contributed by atoms with Crippen molar-refractivity contribution in [1.82, 2.24) is 0 Å². The molecule has 3 aromatic rings. The van der Waals surface area contributed by atoms with E-state index in [1.54, 1.807) is 53.5 Å². The molecular weight excluding hydrogens is 611 g/mol. The Morgan fingerprint density at radius 2 is 1.23 bits per heavy atom. The lowest BCUT2D eigenvalue weighted by Crippen LogP contribution is -2.25. The van der Waals surface area contributed by atoms with Crippen molar-refractivity contribution in [2.24, 2.45) is 0 Å². The molecule has 3 aliphatic rings. The molecule has 1 atom stereocenters. The second-order valence-electron chi connectivity index (χ2n) is 9.96. The van der Waals surface area contributed by atoms with Crippen molar-refractivity contribution in [1.29, 1.82) is 0 Å². The van der Waals surface area contributed by atoms with Crippen molar-refractivity contribution in [3.8, 4) is 0 Å². The van der Waals surface area contributed by atoms with Crippen LogP contribution < -0.4 is 0 Å². The van der Waals surface area contributed by atoms with Crippen LogP contribution in [0, 0.1) is 0 Å². The SMILES string of the molecule is CC1(C)CC(=O)c2cc(Cl)ccc2S1.CC1CC(=O)c2cc(Cl)ccc2S1.O=C1CCSc2ccc(Cl)cc21. The van der Waals surface area contributed by atoms with E-state index in [1.165, 1.54) is 0 Å². The molecule has 6 rings (SSSR count). The Kier molecular flexibility index (Phi) is 10.2. The molecule has 0 saturated carbocycles. The van der Waals surface area contributed by atoms with Crippen molar-refractivity contribution in [3.63, 3.8) is 0 Å². The maximum atomic E-state index is 11.8. The van der Waals surface area contributed by atoms with Gasteiger partial charge in [-0.2, -0.15) is 0 Å². The van der Waals surface area contributed by atoms with E-state index in [-0.39, 0.29) is 22.1 Å². The molecule has 3 aromatic carbocycles. The van der Waals surface area contributed by atoms with Crippen molar-refractivity contribution in [2.75, 3.05) is 5.75 Å². The minimum atomic E-state index is 0.0118.